The summed E-state index contributed by atoms with van der Waals surface area (Å²) in [7, 11) is 0. The number of likely N-dealkylation sites (N-methyl/N-ethyl adjacent to an activating group) is 1. The second kappa shape index (κ2) is 3.70. The number of rotatable bonds is 2. The maximum atomic E-state index is 3.86. The first kappa shape index (κ1) is 9.07. The Morgan fingerprint density at radius 1 is 1.43 bits per heavy atom. The van der Waals surface area contributed by atoms with Crippen molar-refractivity contribution in [2.24, 2.45) is 0 Å². The van der Waals surface area contributed by atoms with Gasteiger partial charge in [0.15, 0.2) is 0 Å². The van der Waals surface area contributed by atoms with Gasteiger partial charge in [0, 0.05) is 12.2 Å². The molecular formula is C13H15N. The molecule has 1 heterocycles. The molecule has 1 nitrogen and oxygen atoms in total. The summed E-state index contributed by atoms with van der Waals surface area (Å²) in [5.74, 6) is 0. The SMILES string of the molecule is C=C[C@H]1C=Cc2ccccc2N1CC. The summed E-state index contributed by atoms with van der Waals surface area (Å²) in [6, 6.07) is 8.81. The summed E-state index contributed by atoms with van der Waals surface area (Å²) < 4.78 is 0. The van der Waals surface area contributed by atoms with Gasteiger partial charge in [-0.2, -0.15) is 0 Å². The molecule has 0 saturated carbocycles. The molecule has 0 spiro atoms. The fourth-order valence-electron chi connectivity index (χ4n) is 1.94. The van der Waals surface area contributed by atoms with Gasteiger partial charge in [0.1, 0.15) is 0 Å². The van der Waals surface area contributed by atoms with Gasteiger partial charge in [-0.3, -0.25) is 0 Å². The van der Waals surface area contributed by atoms with Crippen LogP contribution < -0.4 is 4.90 Å². The Kier molecular flexibility index (Phi) is 2.40. The maximum absolute atomic E-state index is 3.86. The third-order valence-corrected chi connectivity index (χ3v) is 2.66. The van der Waals surface area contributed by atoms with Gasteiger partial charge >= 0.3 is 0 Å². The van der Waals surface area contributed by atoms with E-state index < -0.39 is 0 Å². The third-order valence-electron chi connectivity index (χ3n) is 2.66. The molecule has 0 unspecified atom stereocenters. The van der Waals surface area contributed by atoms with E-state index in [2.05, 4.69) is 54.8 Å². The summed E-state index contributed by atoms with van der Waals surface area (Å²) in [5, 5.41) is 0. The zero-order valence-electron chi connectivity index (χ0n) is 8.48. The summed E-state index contributed by atoms with van der Waals surface area (Å²) >= 11 is 0. The number of fused-ring (bicyclic) bond motifs is 1. The van der Waals surface area contributed by atoms with Gasteiger partial charge in [0.2, 0.25) is 0 Å². The van der Waals surface area contributed by atoms with Crippen LogP contribution in [0.5, 0.6) is 0 Å². The molecule has 1 aromatic carbocycles. The van der Waals surface area contributed by atoms with Crippen LogP contribution in [0.4, 0.5) is 5.69 Å². The van der Waals surface area contributed by atoms with Crippen molar-refractivity contribution in [2.75, 3.05) is 11.4 Å². The molecule has 1 atom stereocenters. The van der Waals surface area contributed by atoms with E-state index in [4.69, 9.17) is 0 Å². The van der Waals surface area contributed by atoms with Crippen LogP contribution in [-0.4, -0.2) is 12.6 Å². The molecule has 1 aliphatic rings. The molecule has 0 saturated heterocycles. The molecule has 1 aromatic rings. The van der Waals surface area contributed by atoms with Crippen LogP contribution >= 0.6 is 0 Å². The molecule has 1 aliphatic heterocycles. The van der Waals surface area contributed by atoms with Crippen LogP contribution in [0.1, 0.15) is 12.5 Å². The smallest absolute Gasteiger partial charge is 0.0658 e. The number of benzene rings is 1. The van der Waals surface area contributed by atoms with E-state index in [-0.39, 0.29) is 0 Å². The minimum atomic E-state index is 0.342. The molecular weight excluding hydrogens is 170 g/mol. The van der Waals surface area contributed by atoms with Crippen molar-refractivity contribution in [3.8, 4) is 0 Å². The van der Waals surface area contributed by atoms with Crippen molar-refractivity contribution in [1.82, 2.24) is 0 Å². The highest BCUT2D eigenvalue weighted by atomic mass is 15.2. The fourth-order valence-corrected chi connectivity index (χ4v) is 1.94. The highest BCUT2D eigenvalue weighted by Gasteiger charge is 2.17. The molecule has 0 aliphatic carbocycles. The standard InChI is InChI=1S/C13H15N/c1-3-12-10-9-11-7-5-6-8-13(11)14(12)4-2/h3,5-10,12H,1,4H2,2H3/t12-/m0/s1. The first-order valence-corrected chi connectivity index (χ1v) is 5.03. The summed E-state index contributed by atoms with van der Waals surface area (Å²) in [4.78, 5) is 2.35. The van der Waals surface area contributed by atoms with Crippen LogP contribution in [0.25, 0.3) is 6.08 Å². The molecule has 0 bridgehead atoms. The van der Waals surface area contributed by atoms with E-state index in [1.807, 2.05) is 6.08 Å². The first-order chi connectivity index (χ1) is 6.86. The minimum absolute atomic E-state index is 0.342. The quantitative estimate of drug-likeness (QED) is 0.640. The number of para-hydroxylation sites is 1. The van der Waals surface area contributed by atoms with Crippen molar-refractivity contribution in [3.05, 3.63) is 48.6 Å². The van der Waals surface area contributed by atoms with E-state index >= 15 is 0 Å². The van der Waals surface area contributed by atoms with Crippen LogP contribution in [0, 0.1) is 0 Å². The highest BCUT2D eigenvalue weighted by Crippen LogP contribution is 2.28. The van der Waals surface area contributed by atoms with Crippen molar-refractivity contribution in [2.45, 2.75) is 13.0 Å². The fraction of sp³-hybridized carbons (Fsp3) is 0.231. The minimum Gasteiger partial charge on any atom is -0.361 e. The lowest BCUT2D eigenvalue weighted by Crippen LogP contribution is -2.34. The van der Waals surface area contributed by atoms with Gasteiger partial charge in [-0.15, -0.1) is 6.58 Å². The summed E-state index contributed by atoms with van der Waals surface area (Å²) in [6.07, 6.45) is 6.35. The Balaban J connectivity index is 2.46. The number of hydrogen-bond acceptors (Lipinski definition) is 1. The number of nitrogens with zero attached hydrogens (tertiary/aromatic N) is 1. The van der Waals surface area contributed by atoms with Crippen molar-refractivity contribution >= 4 is 11.8 Å². The molecule has 2 rings (SSSR count). The number of anilines is 1. The normalized spacial score (nSPS) is 19.2. The lowest BCUT2D eigenvalue weighted by molar-refractivity contribution is 0.806. The Morgan fingerprint density at radius 3 is 2.93 bits per heavy atom. The summed E-state index contributed by atoms with van der Waals surface area (Å²) in [6.45, 7) is 7.05. The molecule has 0 aromatic heterocycles. The van der Waals surface area contributed by atoms with E-state index in [9.17, 15) is 0 Å². The molecule has 0 radical (unpaired) electrons. The predicted octanol–water partition coefficient (Wildman–Crippen LogP) is 3.09. The van der Waals surface area contributed by atoms with E-state index in [1.165, 1.54) is 11.3 Å². The highest BCUT2D eigenvalue weighted by molar-refractivity contribution is 5.72. The number of hydrogen-bond donors (Lipinski definition) is 0. The molecule has 0 N–H and O–H groups in total. The van der Waals surface area contributed by atoms with Gasteiger partial charge in [-0.05, 0) is 18.6 Å². The van der Waals surface area contributed by atoms with E-state index in [1.54, 1.807) is 0 Å². The molecule has 1 heteroatoms. The molecule has 72 valence electrons. The van der Waals surface area contributed by atoms with E-state index in [0.29, 0.717) is 6.04 Å². The second-order valence-corrected chi connectivity index (χ2v) is 3.43. The first-order valence-electron chi connectivity index (χ1n) is 5.03. The van der Waals surface area contributed by atoms with Crippen molar-refractivity contribution < 1.29 is 0 Å². The van der Waals surface area contributed by atoms with Crippen LogP contribution in [-0.2, 0) is 0 Å². The Bertz CT molecular complexity index is 365. The zero-order chi connectivity index (χ0) is 9.97. The molecule has 14 heavy (non-hydrogen) atoms. The van der Waals surface area contributed by atoms with E-state index in [0.717, 1.165) is 6.54 Å². The van der Waals surface area contributed by atoms with Crippen LogP contribution in [0.3, 0.4) is 0 Å². The summed E-state index contributed by atoms with van der Waals surface area (Å²) in [5.41, 5.74) is 2.61. The van der Waals surface area contributed by atoms with Crippen LogP contribution in [0.15, 0.2) is 43.0 Å². The monoisotopic (exact) mass is 185 g/mol. The van der Waals surface area contributed by atoms with Gasteiger partial charge in [-0.1, -0.05) is 36.4 Å². The average Bonchev–Trinajstić information content (AvgIpc) is 2.27. The maximum Gasteiger partial charge on any atom is 0.0658 e. The predicted molar refractivity (Wildman–Crippen MR) is 62.5 cm³/mol. The Labute approximate surface area is 85.4 Å². The largest absolute Gasteiger partial charge is 0.361 e. The lowest BCUT2D eigenvalue weighted by Gasteiger charge is -2.33. The molecule has 0 fully saturated rings. The second-order valence-electron chi connectivity index (χ2n) is 3.43. The van der Waals surface area contributed by atoms with Gasteiger partial charge in [0.05, 0.1) is 6.04 Å². The molecule has 0 amide bonds. The van der Waals surface area contributed by atoms with Gasteiger partial charge in [0.25, 0.3) is 0 Å². The Hall–Kier alpha value is -1.50. The van der Waals surface area contributed by atoms with Crippen molar-refractivity contribution in [1.29, 1.82) is 0 Å². The van der Waals surface area contributed by atoms with Crippen molar-refractivity contribution in [3.63, 3.8) is 0 Å². The zero-order valence-corrected chi connectivity index (χ0v) is 8.48. The Morgan fingerprint density at radius 2 is 2.21 bits per heavy atom. The van der Waals surface area contributed by atoms with Gasteiger partial charge < -0.3 is 4.90 Å². The van der Waals surface area contributed by atoms with Crippen LogP contribution in [0.2, 0.25) is 0 Å². The topological polar surface area (TPSA) is 3.24 Å². The lowest BCUT2D eigenvalue weighted by atomic mass is 10.0. The average molecular weight is 185 g/mol. The third kappa shape index (κ3) is 1.35. The van der Waals surface area contributed by atoms with Gasteiger partial charge in [-0.25, -0.2) is 0 Å².